The van der Waals surface area contributed by atoms with Gasteiger partial charge in [-0.1, -0.05) is 19.1 Å². The topological polar surface area (TPSA) is 38.3 Å². The molecule has 0 spiro atoms. The first-order chi connectivity index (χ1) is 11.1. The van der Waals surface area contributed by atoms with E-state index in [0.29, 0.717) is 5.75 Å². The van der Waals surface area contributed by atoms with Gasteiger partial charge in [-0.15, -0.1) is 11.8 Å². The van der Waals surface area contributed by atoms with Crippen molar-refractivity contribution in [2.75, 3.05) is 12.9 Å². The Kier molecular flexibility index (Phi) is 6.47. The summed E-state index contributed by atoms with van der Waals surface area (Å²) in [5.41, 5.74) is 1.05. The molecule has 23 heavy (non-hydrogen) atoms. The second-order valence-corrected chi connectivity index (χ2v) is 6.09. The number of methoxy groups -OCH3 is 1. The van der Waals surface area contributed by atoms with E-state index in [1.807, 2.05) is 31.2 Å². The van der Waals surface area contributed by atoms with Crippen LogP contribution in [0.5, 0.6) is 5.75 Å². The fourth-order valence-electron chi connectivity index (χ4n) is 2.17. The minimum absolute atomic E-state index is 0.0257. The molecule has 2 rings (SSSR count). The number of halogens is 1. The van der Waals surface area contributed by atoms with E-state index < -0.39 is 0 Å². The molecule has 122 valence electrons. The Balaban J connectivity index is 1.89. The summed E-state index contributed by atoms with van der Waals surface area (Å²) in [4.78, 5) is 13.0. The van der Waals surface area contributed by atoms with Gasteiger partial charge in [0, 0.05) is 4.90 Å². The van der Waals surface area contributed by atoms with Gasteiger partial charge in [-0.2, -0.15) is 0 Å². The van der Waals surface area contributed by atoms with E-state index in [4.69, 9.17) is 4.74 Å². The monoisotopic (exact) mass is 333 g/mol. The molecule has 0 bridgehead atoms. The number of ether oxygens (including phenoxy) is 1. The first-order valence-electron chi connectivity index (χ1n) is 7.44. The summed E-state index contributed by atoms with van der Waals surface area (Å²) in [5.74, 6) is 0.784. The highest BCUT2D eigenvalue weighted by Gasteiger charge is 2.13. The Morgan fingerprint density at radius 1 is 1.17 bits per heavy atom. The van der Waals surface area contributed by atoms with Crippen molar-refractivity contribution in [2.24, 2.45) is 0 Å². The average Bonchev–Trinajstić information content (AvgIpc) is 2.59. The van der Waals surface area contributed by atoms with Crippen LogP contribution in [0.2, 0.25) is 0 Å². The van der Waals surface area contributed by atoms with Crippen LogP contribution in [0.25, 0.3) is 0 Å². The molecule has 1 atom stereocenters. The highest BCUT2D eigenvalue weighted by atomic mass is 32.2. The van der Waals surface area contributed by atoms with Crippen molar-refractivity contribution in [1.82, 2.24) is 5.32 Å². The molecular formula is C18H20FNO2S. The van der Waals surface area contributed by atoms with Crippen molar-refractivity contribution in [3.05, 3.63) is 59.9 Å². The molecule has 0 fully saturated rings. The van der Waals surface area contributed by atoms with Gasteiger partial charge < -0.3 is 10.1 Å². The summed E-state index contributed by atoms with van der Waals surface area (Å²) < 4.78 is 18.0. The second kappa shape index (κ2) is 8.58. The van der Waals surface area contributed by atoms with E-state index in [2.05, 4.69) is 5.32 Å². The van der Waals surface area contributed by atoms with Crippen LogP contribution in [0, 0.1) is 5.82 Å². The van der Waals surface area contributed by atoms with Crippen LogP contribution in [0.4, 0.5) is 4.39 Å². The Hall–Kier alpha value is -2.01. The minimum atomic E-state index is -0.274. The van der Waals surface area contributed by atoms with Crippen molar-refractivity contribution in [2.45, 2.75) is 24.3 Å². The molecule has 0 radical (unpaired) electrons. The summed E-state index contributed by atoms with van der Waals surface area (Å²) in [6.45, 7) is 2.03. The number of rotatable bonds is 7. The number of benzene rings is 2. The third-order valence-electron chi connectivity index (χ3n) is 3.45. The SMILES string of the molecule is CCC(NC(=O)CSc1ccc(F)cc1)c1ccc(OC)cc1. The summed E-state index contributed by atoms with van der Waals surface area (Å²) in [5, 5.41) is 3.03. The highest BCUT2D eigenvalue weighted by molar-refractivity contribution is 8.00. The smallest absolute Gasteiger partial charge is 0.230 e. The summed E-state index contributed by atoms with van der Waals surface area (Å²) in [7, 11) is 1.63. The van der Waals surface area contributed by atoms with Crippen molar-refractivity contribution in [1.29, 1.82) is 0 Å². The Bertz CT molecular complexity index is 628. The zero-order chi connectivity index (χ0) is 16.7. The highest BCUT2D eigenvalue weighted by Crippen LogP contribution is 2.21. The molecule has 2 aromatic rings. The molecule has 5 heteroatoms. The predicted octanol–water partition coefficient (Wildman–Crippen LogP) is 4.19. The van der Waals surface area contributed by atoms with Crippen LogP contribution in [0.3, 0.4) is 0 Å². The van der Waals surface area contributed by atoms with Crippen LogP contribution >= 0.6 is 11.8 Å². The summed E-state index contributed by atoms with van der Waals surface area (Å²) in [6, 6.07) is 13.8. The number of carbonyl (C=O) groups is 1. The standard InChI is InChI=1S/C18H20FNO2S/c1-3-17(13-4-8-15(22-2)9-5-13)20-18(21)12-23-16-10-6-14(19)7-11-16/h4-11,17H,3,12H2,1-2H3,(H,20,21). The molecular weight excluding hydrogens is 313 g/mol. The normalized spacial score (nSPS) is 11.8. The van der Waals surface area contributed by atoms with E-state index in [1.165, 1.54) is 23.9 Å². The fourth-order valence-corrected chi connectivity index (χ4v) is 2.88. The van der Waals surface area contributed by atoms with Gasteiger partial charge in [0.15, 0.2) is 0 Å². The Morgan fingerprint density at radius 3 is 2.39 bits per heavy atom. The lowest BCUT2D eigenvalue weighted by Gasteiger charge is -2.17. The molecule has 2 aromatic carbocycles. The van der Waals surface area contributed by atoms with Crippen molar-refractivity contribution in [3.8, 4) is 5.75 Å². The molecule has 3 nitrogen and oxygen atoms in total. The van der Waals surface area contributed by atoms with Gasteiger partial charge in [0.2, 0.25) is 5.91 Å². The third-order valence-corrected chi connectivity index (χ3v) is 4.46. The van der Waals surface area contributed by atoms with Crippen LogP contribution < -0.4 is 10.1 Å². The quantitative estimate of drug-likeness (QED) is 0.772. The van der Waals surface area contributed by atoms with Crippen molar-refractivity contribution >= 4 is 17.7 Å². The van der Waals surface area contributed by atoms with E-state index in [0.717, 1.165) is 22.6 Å². The van der Waals surface area contributed by atoms with Crippen LogP contribution in [0.1, 0.15) is 24.9 Å². The van der Waals surface area contributed by atoms with Gasteiger partial charge in [-0.05, 0) is 48.4 Å². The lowest BCUT2D eigenvalue weighted by molar-refractivity contribution is -0.119. The van der Waals surface area contributed by atoms with Crippen molar-refractivity contribution in [3.63, 3.8) is 0 Å². The van der Waals surface area contributed by atoms with E-state index in [1.54, 1.807) is 19.2 Å². The number of amides is 1. The van der Waals surface area contributed by atoms with Gasteiger partial charge in [0.25, 0.3) is 0 Å². The first-order valence-corrected chi connectivity index (χ1v) is 8.42. The molecule has 0 saturated carbocycles. The fraction of sp³-hybridized carbons (Fsp3) is 0.278. The maximum Gasteiger partial charge on any atom is 0.230 e. The molecule has 0 aliphatic carbocycles. The molecule has 0 aliphatic heterocycles. The van der Waals surface area contributed by atoms with Gasteiger partial charge >= 0.3 is 0 Å². The Labute approximate surface area is 140 Å². The first kappa shape index (κ1) is 17.3. The minimum Gasteiger partial charge on any atom is -0.497 e. The van der Waals surface area contributed by atoms with Gasteiger partial charge in [-0.3, -0.25) is 4.79 Å². The van der Waals surface area contributed by atoms with E-state index >= 15 is 0 Å². The van der Waals surface area contributed by atoms with Gasteiger partial charge in [0.05, 0.1) is 18.9 Å². The number of hydrogen-bond acceptors (Lipinski definition) is 3. The third kappa shape index (κ3) is 5.28. The number of nitrogens with one attached hydrogen (secondary N) is 1. The molecule has 1 N–H and O–H groups in total. The zero-order valence-corrected chi connectivity index (χ0v) is 14.0. The van der Waals surface area contributed by atoms with Crippen LogP contribution in [-0.4, -0.2) is 18.8 Å². The lowest BCUT2D eigenvalue weighted by atomic mass is 10.0. The average molecular weight is 333 g/mol. The predicted molar refractivity (Wildman–Crippen MR) is 91.3 cm³/mol. The maximum absolute atomic E-state index is 12.8. The molecule has 0 saturated heterocycles. The summed E-state index contributed by atoms with van der Waals surface area (Å²) in [6.07, 6.45) is 0.805. The number of carbonyl (C=O) groups excluding carboxylic acids is 1. The van der Waals surface area contributed by atoms with E-state index in [-0.39, 0.29) is 17.8 Å². The molecule has 0 aliphatic rings. The lowest BCUT2D eigenvalue weighted by Crippen LogP contribution is -2.29. The number of hydrogen-bond donors (Lipinski definition) is 1. The molecule has 0 aromatic heterocycles. The van der Waals surface area contributed by atoms with Crippen LogP contribution in [-0.2, 0) is 4.79 Å². The number of thioether (sulfide) groups is 1. The molecule has 1 amide bonds. The summed E-state index contributed by atoms with van der Waals surface area (Å²) >= 11 is 1.39. The van der Waals surface area contributed by atoms with E-state index in [9.17, 15) is 9.18 Å². The van der Waals surface area contributed by atoms with Crippen LogP contribution in [0.15, 0.2) is 53.4 Å². The Morgan fingerprint density at radius 2 is 1.83 bits per heavy atom. The van der Waals surface area contributed by atoms with Gasteiger partial charge in [-0.25, -0.2) is 4.39 Å². The molecule has 0 heterocycles. The van der Waals surface area contributed by atoms with Crippen molar-refractivity contribution < 1.29 is 13.9 Å². The maximum atomic E-state index is 12.8. The second-order valence-electron chi connectivity index (χ2n) is 5.04. The zero-order valence-electron chi connectivity index (χ0n) is 13.2. The van der Waals surface area contributed by atoms with Gasteiger partial charge in [0.1, 0.15) is 11.6 Å². The molecule has 1 unspecified atom stereocenters. The largest absolute Gasteiger partial charge is 0.497 e.